The zero-order chi connectivity index (χ0) is 11.5. The molecule has 0 fully saturated rings. The Labute approximate surface area is 94.9 Å². The van der Waals surface area contributed by atoms with Gasteiger partial charge in [-0.15, -0.1) is 0 Å². The molecular weight excluding hydrogens is 228 g/mol. The number of nitrogens with two attached hydrogens (primary N) is 1. The second kappa shape index (κ2) is 4.19. The number of nitrogens with zero attached hydrogens (tertiary/aromatic N) is 4. The Hall–Kier alpha value is -2.09. The van der Waals surface area contributed by atoms with Crippen molar-refractivity contribution in [2.75, 3.05) is 11.1 Å². The number of hydrogen-bond donors (Lipinski definition) is 2. The predicted octanol–water partition coefficient (Wildman–Crippen LogP) is 0.471. The maximum absolute atomic E-state index is 11.8. The van der Waals surface area contributed by atoms with Gasteiger partial charge in [0, 0.05) is 11.5 Å². The maximum Gasteiger partial charge on any atom is 0.259 e. The normalized spacial score (nSPS) is 10.1. The highest BCUT2D eigenvalue weighted by Crippen LogP contribution is 2.13. The van der Waals surface area contributed by atoms with Crippen molar-refractivity contribution in [3.63, 3.8) is 0 Å². The number of carbonyl (C=O) groups is 1. The molecule has 3 N–H and O–H groups in total. The van der Waals surface area contributed by atoms with E-state index in [4.69, 9.17) is 5.73 Å². The monoisotopic (exact) mass is 236 g/mol. The summed E-state index contributed by atoms with van der Waals surface area (Å²) in [5.74, 6) is -0.323. The quantitative estimate of drug-likeness (QED) is 0.785. The summed E-state index contributed by atoms with van der Waals surface area (Å²) in [6.45, 7) is 1.73. The lowest BCUT2D eigenvalue weighted by atomic mass is 10.2. The number of carbonyl (C=O) groups excluding carboxylic acids is 1. The van der Waals surface area contributed by atoms with Gasteiger partial charge in [0.05, 0.1) is 23.1 Å². The zero-order valence-corrected chi connectivity index (χ0v) is 9.15. The number of rotatable bonds is 2. The third kappa shape index (κ3) is 2.11. The van der Waals surface area contributed by atoms with Gasteiger partial charge in [0.1, 0.15) is 0 Å². The van der Waals surface area contributed by atoms with Gasteiger partial charge < -0.3 is 5.73 Å². The summed E-state index contributed by atoms with van der Waals surface area (Å²) in [6.07, 6.45) is 1.50. The van der Waals surface area contributed by atoms with E-state index in [9.17, 15) is 4.79 Å². The second-order valence-corrected chi connectivity index (χ2v) is 3.76. The molecule has 0 aliphatic heterocycles. The predicted molar refractivity (Wildman–Crippen MR) is 59.0 cm³/mol. The first kappa shape index (κ1) is 10.4. The zero-order valence-electron chi connectivity index (χ0n) is 8.34. The average Bonchev–Trinajstić information content (AvgIpc) is 2.74. The molecule has 0 saturated carbocycles. The number of nitrogens with one attached hydrogen (secondary N) is 1. The molecule has 0 saturated heterocycles. The van der Waals surface area contributed by atoms with E-state index in [2.05, 4.69) is 25.1 Å². The molecule has 0 bridgehead atoms. The molecule has 0 aliphatic rings. The van der Waals surface area contributed by atoms with Gasteiger partial charge in [0.25, 0.3) is 5.91 Å². The van der Waals surface area contributed by atoms with Crippen LogP contribution in [0.15, 0.2) is 12.3 Å². The van der Waals surface area contributed by atoms with Gasteiger partial charge in [-0.2, -0.15) is 0 Å². The molecule has 1 amide bonds. The first-order chi connectivity index (χ1) is 7.66. The van der Waals surface area contributed by atoms with E-state index in [1.807, 2.05) is 0 Å². The third-order valence-electron chi connectivity index (χ3n) is 1.87. The fourth-order valence-corrected chi connectivity index (χ4v) is 1.49. The summed E-state index contributed by atoms with van der Waals surface area (Å²) in [7, 11) is 0. The van der Waals surface area contributed by atoms with Crippen molar-refractivity contribution < 1.29 is 4.79 Å². The minimum Gasteiger partial charge on any atom is -0.397 e. The highest BCUT2D eigenvalue weighted by Gasteiger charge is 2.12. The Morgan fingerprint density at radius 3 is 3.06 bits per heavy atom. The van der Waals surface area contributed by atoms with Gasteiger partial charge in [0.15, 0.2) is 0 Å². The molecule has 0 unspecified atom stereocenters. The molecule has 2 rings (SSSR count). The van der Waals surface area contributed by atoms with Crippen LogP contribution < -0.4 is 11.1 Å². The number of nitrogen functional groups attached to an aromatic ring is 1. The number of aromatic nitrogens is 4. The Bertz CT molecular complexity index is 511. The van der Waals surface area contributed by atoms with E-state index in [1.54, 1.807) is 13.0 Å². The first-order valence-corrected chi connectivity index (χ1v) is 5.12. The largest absolute Gasteiger partial charge is 0.397 e. The van der Waals surface area contributed by atoms with Crippen LogP contribution in [-0.2, 0) is 0 Å². The van der Waals surface area contributed by atoms with Crippen LogP contribution in [0.3, 0.4) is 0 Å². The minimum atomic E-state index is -0.323. The smallest absolute Gasteiger partial charge is 0.259 e. The number of anilines is 2. The highest BCUT2D eigenvalue weighted by molar-refractivity contribution is 7.09. The van der Waals surface area contributed by atoms with E-state index >= 15 is 0 Å². The molecule has 82 valence electrons. The van der Waals surface area contributed by atoms with Gasteiger partial charge >= 0.3 is 0 Å². The summed E-state index contributed by atoms with van der Waals surface area (Å²) < 4.78 is 3.53. The molecule has 0 radical (unpaired) electrons. The summed E-state index contributed by atoms with van der Waals surface area (Å²) in [6, 6.07) is 1.56. The van der Waals surface area contributed by atoms with Crippen molar-refractivity contribution in [3.05, 3.63) is 23.5 Å². The first-order valence-electron chi connectivity index (χ1n) is 4.35. The van der Waals surface area contributed by atoms with Gasteiger partial charge in [-0.25, -0.2) is 0 Å². The number of amides is 1. The van der Waals surface area contributed by atoms with Crippen LogP contribution in [-0.4, -0.2) is 25.7 Å². The van der Waals surface area contributed by atoms with Crippen molar-refractivity contribution in [1.82, 2.24) is 19.8 Å². The molecule has 0 aromatic carbocycles. The van der Waals surface area contributed by atoms with E-state index in [0.717, 1.165) is 11.5 Å². The fourth-order valence-electron chi connectivity index (χ4n) is 1.13. The van der Waals surface area contributed by atoms with Crippen LogP contribution in [0.2, 0.25) is 0 Å². The standard InChI is InChI=1S/C8H8N6OS/c1-4-6(2-5(9)3-10-4)7(15)11-8-12-13-14-16-8/h2-3H,9H2,1H3,(H,11,12,14,15). The van der Waals surface area contributed by atoms with Gasteiger partial charge in [-0.1, -0.05) is 9.59 Å². The molecule has 0 spiro atoms. The highest BCUT2D eigenvalue weighted by atomic mass is 32.1. The van der Waals surface area contributed by atoms with Crippen molar-refractivity contribution in [1.29, 1.82) is 0 Å². The second-order valence-electron chi connectivity index (χ2n) is 3.02. The topological polar surface area (TPSA) is 107 Å². The van der Waals surface area contributed by atoms with Crippen LogP contribution in [0.25, 0.3) is 0 Å². The van der Waals surface area contributed by atoms with Crippen LogP contribution in [0.1, 0.15) is 16.1 Å². The Morgan fingerprint density at radius 2 is 2.38 bits per heavy atom. The molecule has 2 heterocycles. The van der Waals surface area contributed by atoms with Crippen LogP contribution in [0, 0.1) is 6.92 Å². The lowest BCUT2D eigenvalue weighted by Gasteiger charge is -2.04. The van der Waals surface area contributed by atoms with Gasteiger partial charge in [-0.3, -0.25) is 15.1 Å². The van der Waals surface area contributed by atoms with Crippen molar-refractivity contribution >= 4 is 28.3 Å². The van der Waals surface area contributed by atoms with E-state index in [1.165, 1.54) is 6.20 Å². The van der Waals surface area contributed by atoms with E-state index < -0.39 is 0 Å². The van der Waals surface area contributed by atoms with Crippen LogP contribution in [0.4, 0.5) is 10.8 Å². The van der Waals surface area contributed by atoms with Crippen LogP contribution in [0.5, 0.6) is 0 Å². The molecule has 8 heteroatoms. The lowest BCUT2D eigenvalue weighted by Crippen LogP contribution is -2.14. The van der Waals surface area contributed by atoms with Crippen molar-refractivity contribution in [2.45, 2.75) is 6.92 Å². The SMILES string of the molecule is Cc1ncc(N)cc1C(=O)Nc1nnns1. The summed E-state index contributed by atoms with van der Waals surface area (Å²) in [5.41, 5.74) is 7.01. The van der Waals surface area contributed by atoms with Crippen molar-refractivity contribution in [3.8, 4) is 0 Å². The average molecular weight is 236 g/mol. The number of pyridine rings is 1. The fraction of sp³-hybridized carbons (Fsp3) is 0.125. The third-order valence-corrected chi connectivity index (χ3v) is 2.38. The van der Waals surface area contributed by atoms with Gasteiger partial charge in [0.2, 0.25) is 5.13 Å². The van der Waals surface area contributed by atoms with Crippen LogP contribution >= 0.6 is 11.5 Å². The van der Waals surface area contributed by atoms with Crippen molar-refractivity contribution in [2.24, 2.45) is 0 Å². The number of hydrogen-bond acceptors (Lipinski definition) is 7. The Morgan fingerprint density at radius 1 is 1.56 bits per heavy atom. The Balaban J connectivity index is 2.24. The molecule has 2 aromatic heterocycles. The number of aryl methyl sites for hydroxylation is 1. The maximum atomic E-state index is 11.8. The summed E-state index contributed by atoms with van der Waals surface area (Å²) in [5, 5.41) is 9.87. The summed E-state index contributed by atoms with van der Waals surface area (Å²) >= 11 is 1.00. The van der Waals surface area contributed by atoms with E-state index in [0.29, 0.717) is 22.1 Å². The molecular formula is C8H8N6OS. The molecule has 0 aliphatic carbocycles. The lowest BCUT2D eigenvalue weighted by molar-refractivity contribution is 0.102. The van der Waals surface area contributed by atoms with Gasteiger partial charge in [-0.05, 0) is 18.2 Å². The van der Waals surface area contributed by atoms with E-state index in [-0.39, 0.29) is 5.91 Å². The minimum absolute atomic E-state index is 0.323. The molecule has 2 aromatic rings. The molecule has 0 atom stereocenters. The molecule has 16 heavy (non-hydrogen) atoms. The Kier molecular flexibility index (Phi) is 2.73. The summed E-state index contributed by atoms with van der Waals surface area (Å²) in [4.78, 5) is 15.8. The molecule has 7 nitrogen and oxygen atoms in total.